The van der Waals surface area contributed by atoms with Crippen molar-refractivity contribution in [3.05, 3.63) is 72.6 Å². The monoisotopic (exact) mass is 323 g/mol. The number of fused-ring (bicyclic) bond motifs is 4. The Labute approximate surface area is 143 Å². The molecule has 0 amide bonds. The largest absolute Gasteiger partial charge is 0.457 e. The Hall–Kier alpha value is -3.58. The number of aryl methyl sites for hydroxylation is 1. The molecule has 0 saturated heterocycles. The van der Waals surface area contributed by atoms with Gasteiger partial charge >= 0.3 is 0 Å². The number of hydrogen-bond acceptors (Lipinski definition) is 2. The SMILES string of the molecule is C[n+]1[c-]n(-c2ccccc2)c2cc3oc4ccc(C#N)cc4c3cc21. The molecule has 0 spiro atoms. The van der Waals surface area contributed by atoms with E-state index in [1.807, 2.05) is 52.6 Å². The number of rotatable bonds is 1. The molecule has 0 unspecified atom stereocenters. The van der Waals surface area contributed by atoms with Crippen molar-refractivity contribution in [2.75, 3.05) is 0 Å². The van der Waals surface area contributed by atoms with Crippen molar-refractivity contribution in [1.82, 2.24) is 4.57 Å². The number of nitriles is 1. The molecule has 0 bridgehead atoms. The molecular weight excluding hydrogens is 310 g/mol. The number of hydrogen-bond donors (Lipinski definition) is 0. The van der Waals surface area contributed by atoms with Gasteiger partial charge in [0.15, 0.2) is 0 Å². The molecular formula is C21H13N3O. The van der Waals surface area contributed by atoms with E-state index >= 15 is 0 Å². The molecule has 0 aliphatic rings. The first kappa shape index (κ1) is 13.8. The number of imidazole rings is 1. The van der Waals surface area contributed by atoms with Crippen LogP contribution in [0.3, 0.4) is 0 Å². The second-order valence-corrected chi connectivity index (χ2v) is 6.09. The first-order chi connectivity index (χ1) is 12.2. The van der Waals surface area contributed by atoms with Gasteiger partial charge < -0.3 is 13.6 Å². The lowest BCUT2D eigenvalue weighted by Crippen LogP contribution is -2.26. The Morgan fingerprint density at radius 1 is 1.00 bits per heavy atom. The molecule has 118 valence electrons. The van der Waals surface area contributed by atoms with Gasteiger partial charge in [0.25, 0.3) is 0 Å². The average molecular weight is 323 g/mol. The van der Waals surface area contributed by atoms with Crippen LogP contribution in [0.15, 0.2) is 65.1 Å². The Morgan fingerprint density at radius 2 is 1.80 bits per heavy atom. The summed E-state index contributed by atoms with van der Waals surface area (Å²) >= 11 is 0. The highest BCUT2D eigenvalue weighted by Gasteiger charge is 2.13. The molecule has 5 rings (SSSR count). The van der Waals surface area contributed by atoms with Gasteiger partial charge in [-0.2, -0.15) is 5.26 Å². The highest BCUT2D eigenvalue weighted by molar-refractivity contribution is 6.09. The van der Waals surface area contributed by atoms with Crippen LogP contribution in [0.1, 0.15) is 5.56 Å². The van der Waals surface area contributed by atoms with Crippen molar-refractivity contribution in [3.63, 3.8) is 0 Å². The lowest BCUT2D eigenvalue weighted by molar-refractivity contribution is -0.649. The molecule has 0 aliphatic carbocycles. The minimum atomic E-state index is 0.632. The second-order valence-electron chi connectivity index (χ2n) is 6.09. The number of aromatic nitrogens is 2. The Morgan fingerprint density at radius 3 is 2.60 bits per heavy atom. The third-order valence-corrected chi connectivity index (χ3v) is 4.56. The summed E-state index contributed by atoms with van der Waals surface area (Å²) in [6.45, 7) is 0. The van der Waals surface area contributed by atoms with E-state index in [4.69, 9.17) is 9.68 Å². The summed E-state index contributed by atoms with van der Waals surface area (Å²) < 4.78 is 10.0. The van der Waals surface area contributed by atoms with Gasteiger partial charge in [0.1, 0.15) is 11.2 Å². The summed E-state index contributed by atoms with van der Waals surface area (Å²) in [5, 5.41) is 11.1. The summed E-state index contributed by atoms with van der Waals surface area (Å²) in [6.07, 6.45) is 3.34. The van der Waals surface area contributed by atoms with E-state index in [-0.39, 0.29) is 0 Å². The van der Waals surface area contributed by atoms with Crippen molar-refractivity contribution >= 4 is 33.0 Å². The minimum absolute atomic E-state index is 0.632. The summed E-state index contributed by atoms with van der Waals surface area (Å²) in [6, 6.07) is 22.0. The van der Waals surface area contributed by atoms with Crippen LogP contribution < -0.4 is 4.57 Å². The predicted octanol–water partition coefficient (Wildman–Crippen LogP) is 4.03. The normalized spacial score (nSPS) is 11.4. The van der Waals surface area contributed by atoms with Crippen molar-refractivity contribution in [2.24, 2.45) is 7.05 Å². The molecule has 0 N–H and O–H groups in total. The zero-order chi connectivity index (χ0) is 17.0. The molecule has 2 heterocycles. The lowest BCUT2D eigenvalue weighted by Gasteiger charge is -2.04. The average Bonchev–Trinajstić information content (AvgIpc) is 3.17. The third-order valence-electron chi connectivity index (χ3n) is 4.56. The molecule has 4 heteroatoms. The molecule has 2 aromatic heterocycles. The van der Waals surface area contributed by atoms with Crippen molar-refractivity contribution in [3.8, 4) is 11.8 Å². The smallest absolute Gasteiger partial charge is 0.244 e. The maximum Gasteiger partial charge on any atom is 0.244 e. The van der Waals surface area contributed by atoms with Crippen LogP contribution in [0.4, 0.5) is 0 Å². The quantitative estimate of drug-likeness (QED) is 0.345. The van der Waals surface area contributed by atoms with Crippen molar-refractivity contribution in [2.45, 2.75) is 0 Å². The predicted molar refractivity (Wildman–Crippen MR) is 95.3 cm³/mol. The molecule has 25 heavy (non-hydrogen) atoms. The van der Waals surface area contributed by atoms with Gasteiger partial charge in [-0.1, -0.05) is 36.4 Å². The zero-order valence-electron chi connectivity index (χ0n) is 13.5. The zero-order valence-corrected chi connectivity index (χ0v) is 13.5. The Balaban J connectivity index is 1.88. The van der Waals surface area contributed by atoms with Crippen LogP contribution in [-0.2, 0) is 7.05 Å². The van der Waals surface area contributed by atoms with Crippen LogP contribution in [-0.4, -0.2) is 4.57 Å². The van der Waals surface area contributed by atoms with Gasteiger partial charge in [-0.15, -0.1) is 0 Å². The highest BCUT2D eigenvalue weighted by Crippen LogP contribution is 2.32. The first-order valence-corrected chi connectivity index (χ1v) is 8.00. The van der Waals surface area contributed by atoms with Crippen LogP contribution in [0, 0.1) is 17.7 Å². The van der Waals surface area contributed by atoms with Gasteiger partial charge in [0.05, 0.1) is 35.4 Å². The van der Waals surface area contributed by atoms with Gasteiger partial charge in [-0.25, -0.2) is 0 Å². The van der Waals surface area contributed by atoms with E-state index in [0.29, 0.717) is 5.56 Å². The van der Waals surface area contributed by atoms with Crippen LogP contribution in [0.5, 0.6) is 0 Å². The van der Waals surface area contributed by atoms with E-state index in [1.54, 1.807) is 6.07 Å². The van der Waals surface area contributed by atoms with E-state index in [2.05, 4.69) is 30.6 Å². The number of nitrogens with zero attached hydrogens (tertiary/aromatic N) is 3. The molecule has 0 fully saturated rings. The summed E-state index contributed by atoms with van der Waals surface area (Å²) in [5.74, 6) is 0. The summed E-state index contributed by atoms with van der Waals surface area (Å²) in [7, 11) is 1.98. The van der Waals surface area contributed by atoms with Gasteiger partial charge in [-0.3, -0.25) is 0 Å². The molecule has 3 aromatic carbocycles. The maximum absolute atomic E-state index is 9.16. The Kier molecular flexibility index (Phi) is 2.74. The van der Waals surface area contributed by atoms with Crippen LogP contribution in [0.25, 0.3) is 38.7 Å². The maximum atomic E-state index is 9.16. The van der Waals surface area contributed by atoms with Crippen molar-refractivity contribution in [1.29, 1.82) is 5.26 Å². The third kappa shape index (κ3) is 1.96. The molecule has 0 radical (unpaired) electrons. The summed E-state index contributed by atoms with van der Waals surface area (Å²) in [5.41, 5.74) is 5.37. The van der Waals surface area contributed by atoms with Gasteiger partial charge in [-0.05, 0) is 24.3 Å². The van der Waals surface area contributed by atoms with Gasteiger partial charge in [0.2, 0.25) is 6.33 Å². The fraction of sp³-hybridized carbons (Fsp3) is 0.0476. The number of para-hydroxylation sites is 1. The highest BCUT2D eigenvalue weighted by atomic mass is 16.3. The second kappa shape index (κ2) is 4.96. The van der Waals surface area contributed by atoms with Crippen LogP contribution in [0.2, 0.25) is 0 Å². The molecule has 0 aliphatic heterocycles. The fourth-order valence-electron chi connectivity index (χ4n) is 3.35. The summed E-state index contributed by atoms with van der Waals surface area (Å²) in [4.78, 5) is 0. The molecule has 0 atom stereocenters. The standard InChI is InChI=1S/C21H13N3O/c1-23-13-24(15-5-3-2-4-6-15)19-11-21-17(10-18(19)23)16-9-14(12-22)7-8-20(16)25-21/h2-11H,1H3. The molecule has 5 aromatic rings. The van der Waals surface area contributed by atoms with E-state index < -0.39 is 0 Å². The van der Waals surface area contributed by atoms with Crippen molar-refractivity contribution < 1.29 is 8.98 Å². The first-order valence-electron chi connectivity index (χ1n) is 8.00. The minimum Gasteiger partial charge on any atom is -0.457 e. The molecule has 0 saturated carbocycles. The molecule has 4 nitrogen and oxygen atoms in total. The van der Waals surface area contributed by atoms with E-state index in [9.17, 15) is 0 Å². The number of benzene rings is 3. The topological polar surface area (TPSA) is 45.7 Å². The van der Waals surface area contributed by atoms with Crippen LogP contribution >= 0.6 is 0 Å². The van der Waals surface area contributed by atoms with E-state index in [1.165, 1.54) is 0 Å². The fourth-order valence-corrected chi connectivity index (χ4v) is 3.35. The van der Waals surface area contributed by atoms with E-state index in [0.717, 1.165) is 38.7 Å². The van der Waals surface area contributed by atoms with Gasteiger partial charge in [0, 0.05) is 10.8 Å². The number of furan rings is 1. The lowest BCUT2D eigenvalue weighted by atomic mass is 10.1. The Bertz CT molecular complexity index is 1300.